The third-order valence-corrected chi connectivity index (χ3v) is 8.97. The van der Waals surface area contributed by atoms with Crippen molar-refractivity contribution < 1.29 is 4.74 Å². The van der Waals surface area contributed by atoms with Crippen LogP contribution in [0, 0.1) is 0 Å². The first kappa shape index (κ1) is 25.5. The first-order valence-electron chi connectivity index (χ1n) is 14.7. The predicted octanol–water partition coefficient (Wildman–Crippen LogP) is 4.38. The van der Waals surface area contributed by atoms with Gasteiger partial charge in [-0.1, -0.05) is 31.0 Å². The molecule has 1 saturated heterocycles. The lowest BCUT2D eigenvalue weighted by Gasteiger charge is -2.33. The van der Waals surface area contributed by atoms with Crippen molar-refractivity contribution in [2.24, 2.45) is 5.73 Å². The van der Waals surface area contributed by atoms with Gasteiger partial charge in [-0.3, -0.25) is 4.90 Å². The number of para-hydroxylation sites is 1. The number of nitrogens with zero attached hydrogens (tertiary/aromatic N) is 4. The number of benzene rings is 1. The van der Waals surface area contributed by atoms with Crippen molar-refractivity contribution in [1.29, 1.82) is 0 Å². The molecule has 38 heavy (non-hydrogen) atoms. The van der Waals surface area contributed by atoms with Gasteiger partial charge in [0.15, 0.2) is 11.6 Å². The van der Waals surface area contributed by atoms with Crippen LogP contribution in [0.15, 0.2) is 24.3 Å². The summed E-state index contributed by atoms with van der Waals surface area (Å²) < 4.78 is 5.57. The summed E-state index contributed by atoms with van der Waals surface area (Å²) in [5, 5.41) is 11.2. The van der Waals surface area contributed by atoms with E-state index in [2.05, 4.69) is 43.9 Å². The zero-order valence-electron chi connectivity index (χ0n) is 22.8. The molecule has 2 aromatic rings. The third-order valence-electron chi connectivity index (χ3n) is 8.97. The molecule has 1 aromatic heterocycles. The standard InChI is InChI=1S/C29H44N8O/c1-38-25-9-5-2-6-20(25)18-36-16-14-23(15-17-36)32-27-26-28(37(19-31-26)24-7-3-4-8-24)35-29(34-27)33-22-12-10-21(30)11-13-22/h2,5-6,9,21-24,31H,3-4,7-8,10-19,30H2,1H3,(H2,32,33,34,35). The molecule has 0 unspecified atom stereocenters. The second-order valence-corrected chi connectivity index (χ2v) is 11.6. The molecule has 6 rings (SSSR count). The summed E-state index contributed by atoms with van der Waals surface area (Å²) in [7, 11) is 1.75. The van der Waals surface area contributed by atoms with Gasteiger partial charge in [-0.2, -0.15) is 9.97 Å². The largest absolute Gasteiger partial charge is 0.496 e. The van der Waals surface area contributed by atoms with Crippen LogP contribution < -0.4 is 31.3 Å². The van der Waals surface area contributed by atoms with E-state index in [1.165, 1.54) is 31.2 Å². The quantitative estimate of drug-likeness (QED) is 0.404. The minimum absolute atomic E-state index is 0.335. The van der Waals surface area contributed by atoms with Crippen molar-refractivity contribution in [2.75, 3.05) is 47.7 Å². The number of rotatable bonds is 8. The molecule has 5 N–H and O–H groups in total. The molecule has 1 aromatic carbocycles. The molecule has 9 nitrogen and oxygen atoms in total. The molecule has 0 radical (unpaired) electrons. The van der Waals surface area contributed by atoms with Crippen molar-refractivity contribution in [1.82, 2.24) is 14.9 Å². The Balaban J connectivity index is 1.15. The number of fused-ring (bicyclic) bond motifs is 1. The van der Waals surface area contributed by atoms with Crippen molar-refractivity contribution >= 4 is 23.3 Å². The first-order valence-corrected chi connectivity index (χ1v) is 14.7. The minimum Gasteiger partial charge on any atom is -0.496 e. The molecule has 2 aliphatic heterocycles. The van der Waals surface area contributed by atoms with E-state index in [-0.39, 0.29) is 0 Å². The summed E-state index contributed by atoms with van der Waals surface area (Å²) in [5.74, 6) is 3.75. The van der Waals surface area contributed by atoms with Gasteiger partial charge in [-0.15, -0.1) is 0 Å². The Kier molecular flexibility index (Phi) is 7.74. The van der Waals surface area contributed by atoms with Crippen molar-refractivity contribution in [3.8, 4) is 5.75 Å². The topological polar surface area (TPSA) is 104 Å². The molecule has 2 aliphatic carbocycles. The van der Waals surface area contributed by atoms with Crippen molar-refractivity contribution in [2.45, 2.75) is 94.9 Å². The van der Waals surface area contributed by atoms with Gasteiger partial charge in [0, 0.05) is 49.4 Å². The number of methoxy groups -OCH3 is 1. The van der Waals surface area contributed by atoms with E-state index in [0.717, 1.165) is 93.8 Å². The Morgan fingerprint density at radius 3 is 2.45 bits per heavy atom. The summed E-state index contributed by atoms with van der Waals surface area (Å²) in [4.78, 5) is 15.1. The zero-order valence-corrected chi connectivity index (χ0v) is 22.8. The number of ether oxygens (including phenoxy) is 1. The minimum atomic E-state index is 0.335. The van der Waals surface area contributed by atoms with Crippen LogP contribution in [-0.2, 0) is 6.54 Å². The van der Waals surface area contributed by atoms with Gasteiger partial charge >= 0.3 is 0 Å². The van der Waals surface area contributed by atoms with Crippen LogP contribution in [0.2, 0.25) is 0 Å². The molecule has 4 aliphatic rings. The van der Waals surface area contributed by atoms with Crippen molar-refractivity contribution in [3.63, 3.8) is 0 Å². The maximum Gasteiger partial charge on any atom is 0.226 e. The highest BCUT2D eigenvalue weighted by Gasteiger charge is 2.33. The maximum atomic E-state index is 6.15. The number of piperidine rings is 1. The van der Waals surface area contributed by atoms with Gasteiger partial charge < -0.3 is 31.3 Å². The Hall–Kier alpha value is -2.78. The fraction of sp³-hybridized carbons (Fsp3) is 0.655. The van der Waals surface area contributed by atoms with Gasteiger partial charge in [-0.05, 0) is 57.4 Å². The summed E-state index contributed by atoms with van der Waals surface area (Å²) >= 11 is 0. The lowest BCUT2D eigenvalue weighted by Crippen LogP contribution is -2.39. The summed E-state index contributed by atoms with van der Waals surface area (Å²) in [6, 6.07) is 10.0. The molecule has 206 valence electrons. The van der Waals surface area contributed by atoms with Gasteiger partial charge in [-0.25, -0.2) is 0 Å². The SMILES string of the molecule is COc1ccccc1CN1CCC(Nc2nc(NC3CCC(N)CC3)nc3c2NCN3C2CCCC2)CC1. The van der Waals surface area contributed by atoms with Crippen LogP contribution in [0.1, 0.15) is 69.8 Å². The Morgan fingerprint density at radius 1 is 0.947 bits per heavy atom. The van der Waals surface area contributed by atoms with E-state index in [1.54, 1.807) is 7.11 Å². The van der Waals surface area contributed by atoms with Gasteiger partial charge in [0.25, 0.3) is 0 Å². The Bertz CT molecular complexity index is 1070. The van der Waals surface area contributed by atoms with Gasteiger partial charge in [0.05, 0.1) is 13.8 Å². The molecule has 3 fully saturated rings. The summed E-state index contributed by atoms with van der Waals surface area (Å²) in [6.07, 6.45) is 11.6. The highest BCUT2D eigenvalue weighted by atomic mass is 16.5. The van der Waals surface area contributed by atoms with Gasteiger partial charge in [0.1, 0.15) is 11.4 Å². The highest BCUT2D eigenvalue weighted by Crippen LogP contribution is 2.41. The normalized spacial score (nSPS) is 24.7. The van der Waals surface area contributed by atoms with Crippen LogP contribution in [0.4, 0.5) is 23.3 Å². The Labute approximate surface area is 226 Å². The number of nitrogens with one attached hydrogen (secondary N) is 3. The van der Waals surface area contributed by atoms with E-state index in [4.69, 9.17) is 20.4 Å². The summed E-state index contributed by atoms with van der Waals surface area (Å²) in [5.41, 5.74) is 8.48. The molecule has 0 atom stereocenters. The molecular weight excluding hydrogens is 476 g/mol. The average Bonchev–Trinajstić information content (AvgIpc) is 3.62. The fourth-order valence-corrected chi connectivity index (χ4v) is 6.69. The summed E-state index contributed by atoms with van der Waals surface area (Å²) in [6.45, 7) is 3.86. The molecule has 0 spiro atoms. The van der Waals surface area contributed by atoms with Crippen LogP contribution >= 0.6 is 0 Å². The van der Waals surface area contributed by atoms with Crippen LogP contribution in [0.5, 0.6) is 5.75 Å². The van der Waals surface area contributed by atoms with Crippen LogP contribution in [-0.4, -0.2) is 65.9 Å². The predicted molar refractivity (Wildman–Crippen MR) is 154 cm³/mol. The smallest absolute Gasteiger partial charge is 0.226 e. The third kappa shape index (κ3) is 5.64. The van der Waals surface area contributed by atoms with Crippen molar-refractivity contribution in [3.05, 3.63) is 29.8 Å². The van der Waals surface area contributed by atoms with E-state index >= 15 is 0 Å². The second kappa shape index (κ2) is 11.5. The lowest BCUT2D eigenvalue weighted by atomic mass is 9.92. The number of anilines is 4. The molecule has 0 amide bonds. The molecule has 2 saturated carbocycles. The molecule has 3 heterocycles. The number of likely N-dealkylation sites (tertiary alicyclic amines) is 1. The fourth-order valence-electron chi connectivity index (χ4n) is 6.69. The zero-order chi connectivity index (χ0) is 25.9. The number of hydrogen-bond acceptors (Lipinski definition) is 9. The van der Waals surface area contributed by atoms with Gasteiger partial charge in [0.2, 0.25) is 5.95 Å². The number of hydrogen-bond donors (Lipinski definition) is 4. The number of nitrogens with two attached hydrogens (primary N) is 1. The second-order valence-electron chi connectivity index (χ2n) is 11.6. The molecule has 0 bridgehead atoms. The van der Waals surface area contributed by atoms with E-state index < -0.39 is 0 Å². The van der Waals surface area contributed by atoms with E-state index in [0.29, 0.717) is 24.2 Å². The number of aromatic nitrogens is 2. The maximum absolute atomic E-state index is 6.15. The van der Waals surface area contributed by atoms with Crippen LogP contribution in [0.3, 0.4) is 0 Å². The van der Waals surface area contributed by atoms with Crippen LogP contribution in [0.25, 0.3) is 0 Å². The monoisotopic (exact) mass is 520 g/mol. The Morgan fingerprint density at radius 2 is 1.68 bits per heavy atom. The highest BCUT2D eigenvalue weighted by molar-refractivity contribution is 5.83. The lowest BCUT2D eigenvalue weighted by molar-refractivity contribution is 0.209. The first-order chi connectivity index (χ1) is 18.7. The molecular formula is C29H44N8O. The van der Waals surface area contributed by atoms with E-state index in [9.17, 15) is 0 Å². The average molecular weight is 521 g/mol. The molecule has 9 heteroatoms. The van der Waals surface area contributed by atoms with E-state index in [1.807, 2.05) is 6.07 Å².